The van der Waals surface area contributed by atoms with Crippen LogP contribution in [0.3, 0.4) is 0 Å². The first kappa shape index (κ1) is 19.2. The highest BCUT2D eigenvalue weighted by atomic mass is 16.5. The molecule has 1 aromatic heterocycles. The highest BCUT2D eigenvalue weighted by molar-refractivity contribution is 5.97. The van der Waals surface area contributed by atoms with Crippen molar-refractivity contribution in [2.75, 3.05) is 6.61 Å². The maximum absolute atomic E-state index is 12.5. The zero-order valence-corrected chi connectivity index (χ0v) is 15.6. The zero-order valence-electron chi connectivity index (χ0n) is 15.6. The Kier molecular flexibility index (Phi) is 6.46. The van der Waals surface area contributed by atoms with Gasteiger partial charge in [-0.3, -0.25) is 9.59 Å². The van der Waals surface area contributed by atoms with E-state index in [1.807, 2.05) is 37.3 Å². The van der Waals surface area contributed by atoms with Gasteiger partial charge in [-0.25, -0.2) is 0 Å². The topological polar surface area (TPSA) is 80.6 Å². The van der Waals surface area contributed by atoms with Crippen LogP contribution in [0, 0.1) is 0 Å². The van der Waals surface area contributed by atoms with E-state index in [4.69, 9.17) is 9.15 Å². The van der Waals surface area contributed by atoms with Gasteiger partial charge >= 0.3 is 0 Å². The predicted octanol–water partition coefficient (Wildman–Crippen LogP) is 3.47. The molecule has 1 atom stereocenters. The van der Waals surface area contributed by atoms with Gasteiger partial charge in [0.1, 0.15) is 11.5 Å². The molecule has 3 rings (SSSR count). The number of benzene rings is 2. The number of rotatable bonds is 8. The summed E-state index contributed by atoms with van der Waals surface area (Å²) in [5.41, 5.74) is 1.38. The van der Waals surface area contributed by atoms with Gasteiger partial charge in [0.05, 0.1) is 17.9 Å². The molecule has 0 fully saturated rings. The van der Waals surface area contributed by atoms with Crippen LogP contribution in [0.5, 0.6) is 5.75 Å². The van der Waals surface area contributed by atoms with Gasteiger partial charge < -0.3 is 19.8 Å². The van der Waals surface area contributed by atoms with Crippen molar-refractivity contribution < 1.29 is 18.7 Å². The molecule has 2 amide bonds. The Balaban J connectivity index is 1.55. The number of furan rings is 1. The van der Waals surface area contributed by atoms with Gasteiger partial charge in [-0.15, -0.1) is 0 Å². The summed E-state index contributed by atoms with van der Waals surface area (Å²) in [6.07, 6.45) is 1.55. The van der Waals surface area contributed by atoms with Crippen LogP contribution < -0.4 is 15.4 Å². The summed E-state index contributed by atoms with van der Waals surface area (Å²) in [5, 5.41) is 5.65. The summed E-state index contributed by atoms with van der Waals surface area (Å²) < 4.78 is 10.9. The third-order valence-corrected chi connectivity index (χ3v) is 4.13. The average molecular weight is 378 g/mol. The van der Waals surface area contributed by atoms with E-state index in [0.717, 1.165) is 5.56 Å². The van der Waals surface area contributed by atoms with Crippen LogP contribution in [0.2, 0.25) is 0 Å². The Morgan fingerprint density at radius 1 is 1.00 bits per heavy atom. The summed E-state index contributed by atoms with van der Waals surface area (Å²) in [6, 6.07) is 19.8. The van der Waals surface area contributed by atoms with Crippen LogP contribution in [-0.4, -0.2) is 18.4 Å². The number of carbonyl (C=O) groups is 2. The van der Waals surface area contributed by atoms with E-state index in [-0.39, 0.29) is 24.5 Å². The molecule has 0 saturated heterocycles. The number of carbonyl (C=O) groups excluding carboxylic acids is 2. The molecule has 2 N–H and O–H groups in total. The van der Waals surface area contributed by atoms with Crippen molar-refractivity contribution in [2.45, 2.75) is 19.5 Å². The minimum atomic E-state index is -0.302. The van der Waals surface area contributed by atoms with E-state index in [0.29, 0.717) is 23.6 Å². The Labute approximate surface area is 163 Å². The number of nitrogens with one attached hydrogen (secondary N) is 2. The van der Waals surface area contributed by atoms with Crippen LogP contribution in [0.15, 0.2) is 77.4 Å². The van der Waals surface area contributed by atoms with Crippen molar-refractivity contribution in [3.63, 3.8) is 0 Å². The van der Waals surface area contributed by atoms with Crippen molar-refractivity contribution >= 4 is 11.8 Å². The van der Waals surface area contributed by atoms with Crippen molar-refractivity contribution in [3.05, 3.63) is 89.9 Å². The predicted molar refractivity (Wildman–Crippen MR) is 105 cm³/mol. The Morgan fingerprint density at radius 3 is 2.50 bits per heavy atom. The van der Waals surface area contributed by atoms with Crippen molar-refractivity contribution in [1.82, 2.24) is 10.6 Å². The van der Waals surface area contributed by atoms with Gasteiger partial charge in [0, 0.05) is 6.54 Å². The van der Waals surface area contributed by atoms with Crippen molar-refractivity contribution in [2.24, 2.45) is 0 Å². The second-order valence-corrected chi connectivity index (χ2v) is 6.26. The molecule has 0 spiro atoms. The highest BCUT2D eigenvalue weighted by Crippen LogP contribution is 2.18. The van der Waals surface area contributed by atoms with E-state index in [2.05, 4.69) is 10.6 Å². The number of hydrogen-bond donors (Lipinski definition) is 2. The van der Waals surface area contributed by atoms with E-state index in [1.165, 1.54) is 0 Å². The summed E-state index contributed by atoms with van der Waals surface area (Å²) in [6.45, 7) is 2.03. The van der Waals surface area contributed by atoms with Gasteiger partial charge in [0.15, 0.2) is 6.61 Å². The van der Waals surface area contributed by atoms with E-state index in [1.54, 1.807) is 42.7 Å². The monoisotopic (exact) mass is 378 g/mol. The summed E-state index contributed by atoms with van der Waals surface area (Å²) >= 11 is 0. The molecule has 0 radical (unpaired) electrons. The molecule has 0 aliphatic rings. The van der Waals surface area contributed by atoms with E-state index in [9.17, 15) is 9.59 Å². The Morgan fingerprint density at radius 2 is 1.75 bits per heavy atom. The van der Waals surface area contributed by atoms with Crippen molar-refractivity contribution in [3.8, 4) is 5.75 Å². The third kappa shape index (κ3) is 5.23. The number of para-hydroxylation sites is 1. The molecule has 144 valence electrons. The molecule has 6 heteroatoms. The molecule has 0 aliphatic heterocycles. The first-order chi connectivity index (χ1) is 13.6. The van der Waals surface area contributed by atoms with Crippen molar-refractivity contribution in [1.29, 1.82) is 0 Å². The number of hydrogen-bond acceptors (Lipinski definition) is 4. The first-order valence-corrected chi connectivity index (χ1v) is 9.00. The van der Waals surface area contributed by atoms with Crippen LogP contribution in [0.1, 0.15) is 34.6 Å². The molecule has 0 unspecified atom stereocenters. The molecule has 0 aliphatic carbocycles. The second-order valence-electron chi connectivity index (χ2n) is 6.26. The van der Waals surface area contributed by atoms with Gasteiger partial charge in [-0.05, 0) is 36.8 Å². The summed E-state index contributed by atoms with van der Waals surface area (Å²) in [4.78, 5) is 24.6. The lowest BCUT2D eigenvalue weighted by atomic mass is 10.1. The quantitative estimate of drug-likeness (QED) is 0.629. The van der Waals surface area contributed by atoms with Crippen LogP contribution >= 0.6 is 0 Å². The summed E-state index contributed by atoms with van der Waals surface area (Å²) in [7, 11) is 0. The Bertz CT molecular complexity index is 907. The molecule has 1 heterocycles. The summed E-state index contributed by atoms with van der Waals surface area (Å²) in [5.74, 6) is 0.454. The highest BCUT2D eigenvalue weighted by Gasteiger charge is 2.15. The number of ether oxygens (including phenoxy) is 1. The largest absolute Gasteiger partial charge is 0.483 e. The minimum Gasteiger partial charge on any atom is -0.483 e. The first-order valence-electron chi connectivity index (χ1n) is 9.00. The van der Waals surface area contributed by atoms with Gasteiger partial charge in [-0.2, -0.15) is 0 Å². The normalized spacial score (nSPS) is 11.5. The average Bonchev–Trinajstić information content (AvgIpc) is 3.26. The van der Waals surface area contributed by atoms with Gasteiger partial charge in [0.25, 0.3) is 11.8 Å². The van der Waals surface area contributed by atoms with Crippen LogP contribution in [-0.2, 0) is 11.3 Å². The lowest BCUT2D eigenvalue weighted by Gasteiger charge is -2.14. The molecular weight excluding hydrogens is 356 g/mol. The smallest absolute Gasteiger partial charge is 0.258 e. The second kappa shape index (κ2) is 9.41. The third-order valence-electron chi connectivity index (χ3n) is 4.13. The van der Waals surface area contributed by atoms with Crippen LogP contribution in [0.4, 0.5) is 0 Å². The molecular formula is C22H22N2O4. The molecule has 2 aromatic carbocycles. The standard InChI is InChI=1S/C22H22N2O4/c1-16(19-12-7-13-27-19)24-21(25)15-28-20-11-6-5-10-18(20)22(26)23-14-17-8-3-2-4-9-17/h2-13,16H,14-15H2,1H3,(H,23,26)(H,24,25)/t16-/m1/s1. The minimum absolute atomic E-state index is 0.200. The molecule has 0 bridgehead atoms. The van der Waals surface area contributed by atoms with Crippen LogP contribution in [0.25, 0.3) is 0 Å². The molecule has 28 heavy (non-hydrogen) atoms. The molecule has 0 saturated carbocycles. The van der Waals surface area contributed by atoms with Gasteiger partial charge in [-0.1, -0.05) is 42.5 Å². The van der Waals surface area contributed by atoms with E-state index >= 15 is 0 Å². The fraction of sp³-hybridized carbons (Fsp3) is 0.182. The Hall–Kier alpha value is -3.54. The number of amides is 2. The van der Waals surface area contributed by atoms with E-state index < -0.39 is 0 Å². The molecule has 3 aromatic rings. The lowest BCUT2D eigenvalue weighted by Crippen LogP contribution is -2.31. The zero-order chi connectivity index (χ0) is 19.8. The lowest BCUT2D eigenvalue weighted by molar-refractivity contribution is -0.123. The SMILES string of the molecule is C[C@@H](NC(=O)COc1ccccc1C(=O)NCc1ccccc1)c1ccco1. The maximum Gasteiger partial charge on any atom is 0.258 e. The fourth-order valence-corrected chi connectivity index (χ4v) is 2.69. The fourth-order valence-electron chi connectivity index (χ4n) is 2.69. The molecule has 6 nitrogen and oxygen atoms in total. The maximum atomic E-state index is 12.5. The van der Waals surface area contributed by atoms with Gasteiger partial charge in [0.2, 0.25) is 0 Å².